The summed E-state index contributed by atoms with van der Waals surface area (Å²) in [6.07, 6.45) is 0. The highest BCUT2D eigenvalue weighted by Crippen LogP contribution is 2.35. The molecular formula is C27H30N6O2. The Morgan fingerprint density at radius 1 is 0.800 bits per heavy atom. The molecule has 2 heterocycles. The summed E-state index contributed by atoms with van der Waals surface area (Å²) in [5, 5.41) is 12.9. The van der Waals surface area contributed by atoms with Gasteiger partial charge in [-0.1, -0.05) is 54.6 Å². The van der Waals surface area contributed by atoms with Gasteiger partial charge in [0.2, 0.25) is 0 Å². The summed E-state index contributed by atoms with van der Waals surface area (Å²) in [6, 6.07) is 26.8. The van der Waals surface area contributed by atoms with Crippen LogP contribution in [0.3, 0.4) is 0 Å². The van der Waals surface area contributed by atoms with E-state index in [0.29, 0.717) is 18.0 Å². The van der Waals surface area contributed by atoms with Crippen molar-refractivity contribution >= 4 is 5.69 Å². The number of hydrogen-bond acceptors (Lipinski definition) is 7. The molecule has 1 saturated heterocycles. The predicted molar refractivity (Wildman–Crippen MR) is 135 cm³/mol. The topological polar surface area (TPSA) is 68.5 Å². The second-order valence-electron chi connectivity index (χ2n) is 8.56. The minimum Gasteiger partial charge on any atom is -0.493 e. The molecule has 1 fully saturated rings. The van der Waals surface area contributed by atoms with Crippen molar-refractivity contribution in [3.8, 4) is 11.5 Å². The van der Waals surface area contributed by atoms with Gasteiger partial charge >= 0.3 is 0 Å². The smallest absolute Gasteiger partial charge is 0.173 e. The Kier molecular flexibility index (Phi) is 6.90. The number of para-hydroxylation sites is 1. The molecule has 180 valence electrons. The molecule has 0 bridgehead atoms. The molecule has 0 spiro atoms. The first-order valence-electron chi connectivity index (χ1n) is 11.8. The van der Waals surface area contributed by atoms with E-state index in [-0.39, 0.29) is 6.04 Å². The van der Waals surface area contributed by atoms with Gasteiger partial charge in [0, 0.05) is 31.9 Å². The Bertz CT molecular complexity index is 1220. The molecule has 4 aromatic rings. The van der Waals surface area contributed by atoms with E-state index in [2.05, 4.69) is 73.9 Å². The van der Waals surface area contributed by atoms with Crippen LogP contribution in [-0.4, -0.2) is 65.5 Å². The number of hydrogen-bond donors (Lipinski definition) is 0. The Hall–Kier alpha value is -3.91. The number of benzene rings is 3. The molecule has 1 aromatic heterocycles. The van der Waals surface area contributed by atoms with Crippen LogP contribution in [0.4, 0.5) is 5.69 Å². The van der Waals surface area contributed by atoms with Gasteiger partial charge in [-0.25, -0.2) is 4.68 Å². The summed E-state index contributed by atoms with van der Waals surface area (Å²) in [4.78, 5) is 4.88. The summed E-state index contributed by atoms with van der Waals surface area (Å²) in [7, 11) is 3.31. The van der Waals surface area contributed by atoms with E-state index in [1.165, 1.54) is 5.69 Å². The van der Waals surface area contributed by atoms with Crippen LogP contribution in [0.5, 0.6) is 11.5 Å². The lowest BCUT2D eigenvalue weighted by atomic mass is 10.0. The monoisotopic (exact) mass is 470 g/mol. The first-order valence-corrected chi connectivity index (χ1v) is 11.8. The molecule has 1 atom stereocenters. The minimum atomic E-state index is -0.119. The number of nitrogens with zero attached hydrogens (tertiary/aromatic N) is 6. The lowest BCUT2D eigenvalue weighted by Crippen LogP contribution is -2.48. The predicted octanol–water partition coefficient (Wildman–Crippen LogP) is 3.65. The van der Waals surface area contributed by atoms with Crippen molar-refractivity contribution in [3.63, 3.8) is 0 Å². The second kappa shape index (κ2) is 10.6. The van der Waals surface area contributed by atoms with E-state index in [1.54, 1.807) is 14.2 Å². The number of anilines is 1. The first kappa shape index (κ1) is 22.9. The van der Waals surface area contributed by atoms with Crippen molar-refractivity contribution in [1.29, 1.82) is 0 Å². The number of aromatic nitrogens is 4. The molecule has 0 saturated carbocycles. The summed E-state index contributed by atoms with van der Waals surface area (Å²) >= 11 is 0. The van der Waals surface area contributed by atoms with Gasteiger partial charge in [0.05, 0.1) is 26.8 Å². The molecule has 8 nitrogen and oxygen atoms in total. The van der Waals surface area contributed by atoms with Crippen molar-refractivity contribution in [1.82, 2.24) is 25.1 Å². The van der Waals surface area contributed by atoms with E-state index in [1.807, 2.05) is 35.0 Å². The van der Waals surface area contributed by atoms with Gasteiger partial charge in [0.25, 0.3) is 0 Å². The average Bonchev–Trinajstić information content (AvgIpc) is 3.37. The SMILES string of the molecule is COc1ccc([C@H](c2nnnn2Cc2ccccc2)N2CCN(c3ccccc3)CC2)cc1OC. The van der Waals surface area contributed by atoms with Crippen LogP contribution in [0.2, 0.25) is 0 Å². The van der Waals surface area contributed by atoms with Crippen LogP contribution >= 0.6 is 0 Å². The molecule has 0 unspecified atom stereocenters. The zero-order valence-electron chi connectivity index (χ0n) is 20.1. The van der Waals surface area contributed by atoms with Crippen molar-refractivity contribution in [3.05, 3.63) is 95.8 Å². The van der Waals surface area contributed by atoms with Gasteiger partial charge in [-0.15, -0.1) is 5.10 Å². The standard InChI is InChI=1S/C27H30N6O2/c1-34-24-14-13-22(19-25(24)35-2)26(27-28-29-30-33(27)20-21-9-5-3-6-10-21)32-17-15-31(16-18-32)23-11-7-4-8-12-23/h3-14,19,26H,15-18,20H2,1-2H3/t26-/m1/s1. The summed E-state index contributed by atoms with van der Waals surface area (Å²) in [5.74, 6) is 2.21. The molecular weight excluding hydrogens is 440 g/mol. The van der Waals surface area contributed by atoms with Gasteiger partial charge < -0.3 is 14.4 Å². The van der Waals surface area contributed by atoms with Gasteiger partial charge in [-0.05, 0) is 45.8 Å². The lowest BCUT2D eigenvalue weighted by molar-refractivity contribution is 0.201. The fourth-order valence-corrected chi connectivity index (χ4v) is 4.70. The van der Waals surface area contributed by atoms with E-state index < -0.39 is 0 Å². The quantitative estimate of drug-likeness (QED) is 0.389. The maximum Gasteiger partial charge on any atom is 0.173 e. The zero-order valence-corrected chi connectivity index (χ0v) is 20.1. The highest BCUT2D eigenvalue weighted by molar-refractivity contribution is 5.47. The third kappa shape index (κ3) is 4.97. The highest BCUT2D eigenvalue weighted by Gasteiger charge is 2.31. The Morgan fingerprint density at radius 3 is 2.17 bits per heavy atom. The molecule has 0 radical (unpaired) electrons. The van der Waals surface area contributed by atoms with Crippen molar-refractivity contribution in [2.24, 2.45) is 0 Å². The van der Waals surface area contributed by atoms with E-state index in [9.17, 15) is 0 Å². The Balaban J connectivity index is 1.47. The number of tetrazole rings is 1. The number of rotatable bonds is 8. The maximum atomic E-state index is 5.62. The fraction of sp³-hybridized carbons (Fsp3) is 0.296. The molecule has 3 aromatic carbocycles. The summed E-state index contributed by atoms with van der Waals surface area (Å²) in [6.45, 7) is 4.22. The van der Waals surface area contributed by atoms with E-state index >= 15 is 0 Å². The third-order valence-electron chi connectivity index (χ3n) is 6.50. The number of ether oxygens (including phenoxy) is 2. The molecule has 0 amide bonds. The average molecular weight is 471 g/mol. The Morgan fingerprint density at radius 2 is 1.49 bits per heavy atom. The largest absolute Gasteiger partial charge is 0.493 e. The van der Waals surface area contributed by atoms with Crippen LogP contribution < -0.4 is 14.4 Å². The van der Waals surface area contributed by atoms with Gasteiger partial charge in [0.15, 0.2) is 17.3 Å². The lowest BCUT2D eigenvalue weighted by Gasteiger charge is -2.40. The molecule has 1 aliphatic rings. The zero-order chi connectivity index (χ0) is 24.0. The second-order valence-corrected chi connectivity index (χ2v) is 8.56. The van der Waals surface area contributed by atoms with Crippen molar-refractivity contribution < 1.29 is 9.47 Å². The fourth-order valence-electron chi connectivity index (χ4n) is 4.70. The molecule has 0 aliphatic carbocycles. The molecule has 5 rings (SSSR count). The summed E-state index contributed by atoms with van der Waals surface area (Å²) < 4.78 is 13.0. The van der Waals surface area contributed by atoms with Crippen LogP contribution in [0.1, 0.15) is 23.0 Å². The highest BCUT2D eigenvalue weighted by atomic mass is 16.5. The van der Waals surface area contributed by atoms with Crippen LogP contribution in [0.15, 0.2) is 78.9 Å². The van der Waals surface area contributed by atoms with E-state index in [0.717, 1.165) is 43.1 Å². The number of methoxy groups -OCH3 is 2. The van der Waals surface area contributed by atoms with Crippen LogP contribution in [0, 0.1) is 0 Å². The van der Waals surface area contributed by atoms with Crippen molar-refractivity contribution in [2.75, 3.05) is 45.3 Å². The Labute approximate surface area is 205 Å². The van der Waals surface area contributed by atoms with E-state index in [4.69, 9.17) is 9.47 Å². The van der Waals surface area contributed by atoms with Gasteiger partial charge in [0.1, 0.15) is 0 Å². The maximum absolute atomic E-state index is 5.62. The normalized spacial score (nSPS) is 15.1. The summed E-state index contributed by atoms with van der Waals surface area (Å²) in [5.41, 5.74) is 3.48. The van der Waals surface area contributed by atoms with Gasteiger partial charge in [-0.3, -0.25) is 4.90 Å². The number of piperazine rings is 1. The van der Waals surface area contributed by atoms with Crippen molar-refractivity contribution in [2.45, 2.75) is 12.6 Å². The molecule has 1 aliphatic heterocycles. The van der Waals surface area contributed by atoms with Crippen LogP contribution in [-0.2, 0) is 6.54 Å². The minimum absolute atomic E-state index is 0.119. The first-order chi connectivity index (χ1) is 17.3. The molecule has 35 heavy (non-hydrogen) atoms. The van der Waals surface area contributed by atoms with Gasteiger partial charge in [-0.2, -0.15) is 0 Å². The van der Waals surface area contributed by atoms with Crippen LogP contribution in [0.25, 0.3) is 0 Å². The molecule has 0 N–H and O–H groups in total. The molecule has 8 heteroatoms. The third-order valence-corrected chi connectivity index (χ3v) is 6.50.